The van der Waals surface area contributed by atoms with E-state index < -0.39 is 4.92 Å². The Labute approximate surface area is 136 Å². The summed E-state index contributed by atoms with van der Waals surface area (Å²) >= 11 is 1.55. The largest absolute Gasteiger partial charge is 0.398 e. The van der Waals surface area contributed by atoms with Gasteiger partial charge in [0.15, 0.2) is 0 Å². The molecule has 0 spiro atoms. The average molecular weight is 332 g/mol. The van der Waals surface area contributed by atoms with Crippen LogP contribution in [0.3, 0.4) is 0 Å². The smallest absolute Gasteiger partial charge is 0.270 e. The first-order chi connectivity index (χ1) is 11.0. The van der Waals surface area contributed by atoms with Crippen molar-refractivity contribution in [1.29, 1.82) is 0 Å². The second kappa shape index (κ2) is 5.96. The maximum atomic E-state index is 12.8. The number of likely N-dealkylation sites (tertiary alicyclic amines) is 1. The van der Waals surface area contributed by atoms with Crippen molar-refractivity contribution in [3.05, 3.63) is 50.0 Å². The number of nitrogen functional groups attached to an aromatic ring is 1. The molecule has 1 aromatic carbocycles. The molecule has 1 saturated heterocycles. The highest BCUT2D eigenvalue weighted by Crippen LogP contribution is 2.34. The molecule has 2 aromatic rings. The summed E-state index contributed by atoms with van der Waals surface area (Å²) < 4.78 is 0. The third kappa shape index (κ3) is 2.89. The van der Waals surface area contributed by atoms with E-state index in [2.05, 4.69) is 4.98 Å². The maximum absolute atomic E-state index is 12.8. The number of aryl methyl sites for hydroxylation is 1. The van der Waals surface area contributed by atoms with Crippen molar-refractivity contribution in [2.45, 2.75) is 25.8 Å². The van der Waals surface area contributed by atoms with Gasteiger partial charge < -0.3 is 10.6 Å². The first-order valence-electron chi connectivity index (χ1n) is 7.24. The summed E-state index contributed by atoms with van der Waals surface area (Å²) in [5, 5.41) is 13.8. The van der Waals surface area contributed by atoms with Crippen LogP contribution in [0.4, 0.5) is 11.4 Å². The Kier molecular flexibility index (Phi) is 3.99. The summed E-state index contributed by atoms with van der Waals surface area (Å²) in [7, 11) is 0. The van der Waals surface area contributed by atoms with E-state index in [4.69, 9.17) is 5.73 Å². The predicted molar refractivity (Wildman–Crippen MR) is 87.4 cm³/mol. The van der Waals surface area contributed by atoms with Gasteiger partial charge in [0.25, 0.3) is 11.6 Å². The fourth-order valence-electron chi connectivity index (χ4n) is 2.85. The molecule has 23 heavy (non-hydrogen) atoms. The highest BCUT2D eigenvalue weighted by molar-refractivity contribution is 7.09. The Morgan fingerprint density at radius 2 is 2.30 bits per heavy atom. The number of carbonyl (C=O) groups excluding carboxylic acids is 1. The van der Waals surface area contributed by atoms with Crippen LogP contribution in [0.1, 0.15) is 39.9 Å². The molecule has 8 heteroatoms. The number of aromatic nitrogens is 1. The highest BCUT2D eigenvalue weighted by atomic mass is 32.1. The van der Waals surface area contributed by atoms with Crippen molar-refractivity contribution in [2.24, 2.45) is 0 Å². The van der Waals surface area contributed by atoms with Crippen molar-refractivity contribution in [2.75, 3.05) is 12.3 Å². The molecule has 2 heterocycles. The number of carbonyl (C=O) groups is 1. The molecule has 2 N–H and O–H groups in total. The van der Waals surface area contributed by atoms with Crippen molar-refractivity contribution in [3.63, 3.8) is 0 Å². The van der Waals surface area contributed by atoms with Gasteiger partial charge >= 0.3 is 0 Å². The van der Waals surface area contributed by atoms with Crippen molar-refractivity contribution in [1.82, 2.24) is 9.88 Å². The van der Waals surface area contributed by atoms with Crippen LogP contribution in [0.2, 0.25) is 0 Å². The lowest BCUT2D eigenvalue weighted by Crippen LogP contribution is -2.31. The molecule has 0 bridgehead atoms. The van der Waals surface area contributed by atoms with Gasteiger partial charge in [0.2, 0.25) is 0 Å². The molecular weight excluding hydrogens is 316 g/mol. The third-order valence-corrected chi connectivity index (χ3v) is 4.76. The van der Waals surface area contributed by atoms with Crippen LogP contribution in [-0.2, 0) is 0 Å². The molecule has 7 nitrogen and oxygen atoms in total. The van der Waals surface area contributed by atoms with E-state index in [1.54, 1.807) is 16.2 Å². The minimum Gasteiger partial charge on any atom is -0.398 e. The molecule has 1 fully saturated rings. The normalized spacial score (nSPS) is 17.4. The number of nitro benzene ring substituents is 1. The lowest BCUT2D eigenvalue weighted by Gasteiger charge is -2.24. The Morgan fingerprint density at radius 3 is 2.96 bits per heavy atom. The molecule has 1 atom stereocenters. The van der Waals surface area contributed by atoms with Crippen molar-refractivity contribution < 1.29 is 9.72 Å². The van der Waals surface area contributed by atoms with Gasteiger partial charge in [-0.1, -0.05) is 0 Å². The Hall–Kier alpha value is -2.48. The number of non-ortho nitro benzene ring substituents is 1. The first kappa shape index (κ1) is 15.4. The molecular formula is C15H16N4O3S. The van der Waals surface area contributed by atoms with Gasteiger partial charge in [-0.3, -0.25) is 14.9 Å². The summed E-state index contributed by atoms with van der Waals surface area (Å²) in [5.74, 6) is -0.278. The van der Waals surface area contributed by atoms with E-state index in [0.29, 0.717) is 6.54 Å². The lowest BCUT2D eigenvalue weighted by atomic mass is 10.1. The van der Waals surface area contributed by atoms with Gasteiger partial charge in [0.05, 0.1) is 27.2 Å². The predicted octanol–water partition coefficient (Wildman–Crippen LogP) is 2.92. The number of nitrogens with zero attached hydrogens (tertiary/aromatic N) is 3. The number of nitro groups is 1. The number of hydrogen-bond acceptors (Lipinski definition) is 6. The van der Waals surface area contributed by atoms with E-state index in [1.165, 1.54) is 18.2 Å². The quantitative estimate of drug-likeness (QED) is 0.529. The van der Waals surface area contributed by atoms with Gasteiger partial charge in [0.1, 0.15) is 0 Å². The van der Waals surface area contributed by atoms with E-state index in [-0.39, 0.29) is 28.9 Å². The molecule has 0 aliphatic carbocycles. The molecule has 0 radical (unpaired) electrons. The van der Waals surface area contributed by atoms with E-state index >= 15 is 0 Å². The minimum atomic E-state index is -0.526. The van der Waals surface area contributed by atoms with Gasteiger partial charge in [-0.25, -0.2) is 4.98 Å². The fraction of sp³-hybridized carbons (Fsp3) is 0.333. The van der Waals surface area contributed by atoms with Crippen molar-refractivity contribution in [3.8, 4) is 0 Å². The van der Waals surface area contributed by atoms with Gasteiger partial charge in [-0.15, -0.1) is 11.3 Å². The number of hydrogen-bond donors (Lipinski definition) is 1. The second-order valence-corrected chi connectivity index (χ2v) is 6.54. The third-order valence-electron chi connectivity index (χ3n) is 3.97. The zero-order valence-electron chi connectivity index (χ0n) is 12.6. The molecule has 1 aliphatic rings. The SMILES string of the molecule is Cc1nc([C@@H]2CCCN2C(=O)c2cc([N+](=O)[O-])ccc2N)cs1. The average Bonchev–Trinajstić information content (AvgIpc) is 3.15. The maximum Gasteiger partial charge on any atom is 0.270 e. The molecule has 1 aromatic heterocycles. The first-order valence-corrected chi connectivity index (χ1v) is 8.12. The summed E-state index contributed by atoms with van der Waals surface area (Å²) in [6.45, 7) is 2.52. The zero-order chi connectivity index (χ0) is 16.6. The Bertz CT molecular complexity index is 774. The zero-order valence-corrected chi connectivity index (χ0v) is 13.4. The molecule has 3 rings (SSSR count). The lowest BCUT2D eigenvalue weighted by molar-refractivity contribution is -0.384. The fourth-order valence-corrected chi connectivity index (χ4v) is 3.51. The standard InChI is InChI=1S/C15H16N4O3S/c1-9-17-13(8-23-9)14-3-2-6-18(14)15(20)11-7-10(19(21)22)4-5-12(11)16/h4-5,7-8,14H,2-3,6,16H2,1H3/t14-/m0/s1. The van der Waals surface area contributed by atoms with E-state index in [0.717, 1.165) is 23.5 Å². The summed E-state index contributed by atoms with van der Waals surface area (Å²) in [5.41, 5.74) is 7.03. The Balaban J connectivity index is 1.93. The number of benzene rings is 1. The molecule has 1 aliphatic heterocycles. The molecule has 0 unspecified atom stereocenters. The number of anilines is 1. The van der Waals surface area contributed by atoms with Gasteiger partial charge in [-0.2, -0.15) is 0 Å². The molecule has 0 saturated carbocycles. The minimum absolute atomic E-state index is 0.0916. The number of nitrogens with two attached hydrogens (primary N) is 1. The van der Waals surface area contributed by atoms with Crippen molar-refractivity contribution >= 4 is 28.6 Å². The topological polar surface area (TPSA) is 102 Å². The number of rotatable bonds is 3. The van der Waals surface area contributed by atoms with Gasteiger partial charge in [-0.05, 0) is 25.8 Å². The summed E-state index contributed by atoms with van der Waals surface area (Å²) in [6, 6.07) is 3.87. The van der Waals surface area contributed by atoms with E-state index in [9.17, 15) is 14.9 Å². The van der Waals surface area contributed by atoms with Crippen LogP contribution < -0.4 is 5.73 Å². The van der Waals surface area contributed by atoms with Crippen LogP contribution >= 0.6 is 11.3 Å². The van der Waals surface area contributed by atoms with E-state index in [1.807, 2.05) is 12.3 Å². The monoisotopic (exact) mass is 332 g/mol. The Morgan fingerprint density at radius 1 is 1.52 bits per heavy atom. The van der Waals surface area contributed by atoms with Crippen LogP contribution in [0, 0.1) is 17.0 Å². The van der Waals surface area contributed by atoms with Crippen LogP contribution in [0.15, 0.2) is 23.6 Å². The molecule has 1 amide bonds. The second-order valence-electron chi connectivity index (χ2n) is 5.48. The summed E-state index contributed by atoms with van der Waals surface area (Å²) in [4.78, 5) is 29.4. The van der Waals surface area contributed by atoms with Crippen LogP contribution in [0.25, 0.3) is 0 Å². The van der Waals surface area contributed by atoms with Crippen LogP contribution in [-0.4, -0.2) is 27.3 Å². The number of thiazole rings is 1. The summed E-state index contributed by atoms with van der Waals surface area (Å²) in [6.07, 6.45) is 1.71. The van der Waals surface area contributed by atoms with Crippen LogP contribution in [0.5, 0.6) is 0 Å². The molecule has 120 valence electrons. The van der Waals surface area contributed by atoms with Gasteiger partial charge in [0, 0.05) is 29.7 Å². The highest BCUT2D eigenvalue weighted by Gasteiger charge is 2.33. The number of amides is 1.